The van der Waals surface area contributed by atoms with E-state index >= 15 is 0 Å². The first kappa shape index (κ1) is 33.8. The molecule has 1 heterocycles. The zero-order valence-electron chi connectivity index (χ0n) is 25.7. The van der Waals surface area contributed by atoms with Crippen LogP contribution >= 0.6 is 17.0 Å². The normalized spacial score (nSPS) is 16.8. The molecule has 0 spiro atoms. The predicted molar refractivity (Wildman–Crippen MR) is 177 cm³/mol. The van der Waals surface area contributed by atoms with Crippen LogP contribution in [-0.4, -0.2) is 9.52 Å². The van der Waals surface area contributed by atoms with Crippen LogP contribution in [0.2, 0.25) is 0 Å². The monoisotopic (exact) mass is 766 g/mol. The fourth-order valence-corrected chi connectivity index (χ4v) is 24.2. The molecular weight excluding hydrogens is 737 g/mol. The second kappa shape index (κ2) is 11.8. The zero-order chi connectivity index (χ0) is 33.4. The second-order valence-electron chi connectivity index (χ2n) is 13.2. The Hall–Kier alpha value is -2.12. The molecule has 10 heteroatoms. The van der Waals surface area contributed by atoms with Crippen molar-refractivity contribution in [3.63, 3.8) is 0 Å². The number of benzene rings is 4. The van der Waals surface area contributed by atoms with Crippen molar-refractivity contribution in [2.45, 2.75) is 56.5 Å². The SMILES string of the molecule is CCCc1ccc2c(c1-c1cc(C(F)(F)F)cc(C(F)(F)F)c1)C=C(C(C)(C)C)[CH]2[Zr]([Cl])([Cl])[c]1cccc2c1[SiH2]c1ccccc1-2. The molecule has 0 nitrogen and oxygen atoms in total. The predicted octanol–water partition coefficient (Wildman–Crippen LogP) is 9.71. The molecule has 0 aromatic heterocycles. The van der Waals surface area contributed by atoms with Gasteiger partial charge in [0, 0.05) is 0 Å². The van der Waals surface area contributed by atoms with Gasteiger partial charge in [-0.05, 0) is 0 Å². The Morgan fingerprint density at radius 3 is 2.02 bits per heavy atom. The number of hydrogen-bond acceptors (Lipinski definition) is 0. The molecule has 1 atom stereocenters. The van der Waals surface area contributed by atoms with E-state index in [2.05, 4.69) is 18.2 Å². The van der Waals surface area contributed by atoms with Gasteiger partial charge in [0.15, 0.2) is 0 Å². The topological polar surface area (TPSA) is 0 Å². The Bertz CT molecular complexity index is 1850. The Morgan fingerprint density at radius 1 is 0.783 bits per heavy atom. The summed E-state index contributed by atoms with van der Waals surface area (Å²) in [6.45, 7) is 8.07. The summed E-state index contributed by atoms with van der Waals surface area (Å²) >= 11 is -4.47. The third-order valence-electron chi connectivity index (χ3n) is 9.12. The van der Waals surface area contributed by atoms with Crippen LogP contribution in [-0.2, 0) is 36.7 Å². The molecule has 240 valence electrons. The van der Waals surface area contributed by atoms with Crippen LogP contribution in [0.25, 0.3) is 28.3 Å². The van der Waals surface area contributed by atoms with Gasteiger partial charge in [0.25, 0.3) is 0 Å². The summed E-state index contributed by atoms with van der Waals surface area (Å²) in [4.78, 5) is 0. The number of aryl methyl sites for hydroxylation is 1. The van der Waals surface area contributed by atoms with E-state index in [1.165, 1.54) is 15.9 Å². The van der Waals surface area contributed by atoms with Crippen LogP contribution in [0.5, 0.6) is 0 Å². The van der Waals surface area contributed by atoms with Crippen molar-refractivity contribution in [1.82, 2.24) is 0 Å². The molecule has 6 rings (SSSR count). The molecule has 0 saturated carbocycles. The van der Waals surface area contributed by atoms with Crippen LogP contribution in [0.4, 0.5) is 26.3 Å². The van der Waals surface area contributed by atoms with E-state index in [1.807, 2.05) is 70.2 Å². The molecule has 4 aromatic carbocycles. The Balaban J connectivity index is 1.61. The number of halogens is 8. The summed E-state index contributed by atoms with van der Waals surface area (Å²) in [5.41, 5.74) is 2.57. The summed E-state index contributed by atoms with van der Waals surface area (Å²) in [5.74, 6) is 0. The number of allylic oxidation sites excluding steroid dienone is 1. The van der Waals surface area contributed by atoms with E-state index in [4.69, 9.17) is 17.0 Å². The molecule has 0 N–H and O–H groups in total. The molecule has 0 fully saturated rings. The van der Waals surface area contributed by atoms with Crippen molar-refractivity contribution in [1.29, 1.82) is 0 Å². The van der Waals surface area contributed by atoms with E-state index < -0.39 is 56.3 Å². The number of rotatable bonds is 5. The summed E-state index contributed by atoms with van der Waals surface area (Å²) in [6.07, 6.45) is -6.82. The van der Waals surface area contributed by atoms with Gasteiger partial charge in [-0.25, -0.2) is 0 Å². The van der Waals surface area contributed by atoms with E-state index in [0.717, 1.165) is 32.1 Å². The average Bonchev–Trinajstić information content (AvgIpc) is 3.55. The van der Waals surface area contributed by atoms with Gasteiger partial charge in [-0.3, -0.25) is 0 Å². The Labute approximate surface area is 279 Å². The summed E-state index contributed by atoms with van der Waals surface area (Å²) < 4.78 is 84.6. The van der Waals surface area contributed by atoms with Crippen molar-refractivity contribution in [2.24, 2.45) is 5.41 Å². The molecule has 46 heavy (non-hydrogen) atoms. The van der Waals surface area contributed by atoms with Crippen LogP contribution < -0.4 is 13.6 Å². The van der Waals surface area contributed by atoms with Gasteiger partial charge in [-0.2, -0.15) is 0 Å². The Kier molecular flexibility index (Phi) is 8.65. The molecule has 0 radical (unpaired) electrons. The number of hydrogen-bond donors (Lipinski definition) is 0. The summed E-state index contributed by atoms with van der Waals surface area (Å²) in [6, 6.07) is 20.1. The van der Waals surface area contributed by atoms with Gasteiger partial charge in [-0.15, -0.1) is 0 Å². The first-order valence-corrected chi connectivity index (χ1v) is 25.6. The van der Waals surface area contributed by atoms with Crippen LogP contribution in [0.15, 0.2) is 78.4 Å². The maximum atomic E-state index is 14.0. The molecule has 0 amide bonds. The van der Waals surface area contributed by atoms with Gasteiger partial charge >= 0.3 is 281 Å². The van der Waals surface area contributed by atoms with E-state index in [-0.39, 0.29) is 15.3 Å². The van der Waals surface area contributed by atoms with Gasteiger partial charge in [0.2, 0.25) is 0 Å². The minimum atomic E-state index is -4.96. The molecular formula is C36H32Cl2F6SiZr. The molecule has 2 aliphatic rings. The number of fused-ring (bicyclic) bond motifs is 4. The van der Waals surface area contributed by atoms with Crippen molar-refractivity contribution in [3.8, 4) is 22.3 Å². The van der Waals surface area contributed by atoms with Crippen LogP contribution in [0, 0.1) is 5.41 Å². The third kappa shape index (κ3) is 5.90. The minimum absolute atomic E-state index is 0.110. The quantitative estimate of drug-likeness (QED) is 0.124. The molecule has 4 aromatic rings. The van der Waals surface area contributed by atoms with E-state index in [1.54, 1.807) is 0 Å². The standard InChI is InChI=1S/C24H23F6.C12H9Si.2ClH.Zr/c1-5-6-14-7-8-15-9-17(22(2,3)4)13-20(15)21(14)16-10-18(23(25,26)27)12-19(11-16)24(28,29)30;1-3-7-11-9(5-1)10-6-2-4-8-12(10)13-11;;;/h7-13H,5-6H2,1-4H3;1-7H,13H2;2*1H;/q;;;;+2/p-2. The summed E-state index contributed by atoms with van der Waals surface area (Å²) in [7, 11) is 14.6. The molecule has 0 bridgehead atoms. The maximum absolute atomic E-state index is 14.0. The van der Waals surface area contributed by atoms with Gasteiger partial charge in [0.05, 0.1) is 0 Å². The third-order valence-corrected chi connectivity index (χ3v) is 23.3. The van der Waals surface area contributed by atoms with Gasteiger partial charge in [-0.1, -0.05) is 0 Å². The van der Waals surface area contributed by atoms with Gasteiger partial charge in [0.1, 0.15) is 0 Å². The first-order chi connectivity index (χ1) is 21.4. The van der Waals surface area contributed by atoms with Crippen molar-refractivity contribution in [2.75, 3.05) is 0 Å². The van der Waals surface area contributed by atoms with Crippen molar-refractivity contribution >= 4 is 46.3 Å². The molecule has 0 saturated heterocycles. The molecule has 1 aliphatic heterocycles. The van der Waals surface area contributed by atoms with Gasteiger partial charge < -0.3 is 0 Å². The fraction of sp³-hybridized carbons (Fsp3) is 0.278. The van der Waals surface area contributed by atoms with Crippen molar-refractivity contribution < 1.29 is 44.2 Å². The van der Waals surface area contributed by atoms with E-state index in [9.17, 15) is 26.3 Å². The van der Waals surface area contributed by atoms with Crippen LogP contribution in [0.3, 0.4) is 0 Å². The molecule has 1 aliphatic carbocycles. The fourth-order valence-electron chi connectivity index (χ4n) is 7.08. The first-order valence-electron chi connectivity index (χ1n) is 15.2. The average molecular weight is 769 g/mol. The van der Waals surface area contributed by atoms with Crippen LogP contribution in [0.1, 0.15) is 65.6 Å². The van der Waals surface area contributed by atoms with E-state index in [0.29, 0.717) is 29.5 Å². The number of alkyl halides is 6. The zero-order valence-corrected chi connectivity index (χ0v) is 31.1. The molecule has 1 unspecified atom stereocenters. The Morgan fingerprint density at radius 2 is 1.41 bits per heavy atom. The second-order valence-corrected chi connectivity index (χ2v) is 29.0. The summed E-state index contributed by atoms with van der Waals surface area (Å²) in [5, 5.41) is 2.57. The van der Waals surface area contributed by atoms with Crippen molar-refractivity contribution in [3.05, 3.63) is 106 Å².